The average Bonchev–Trinajstić information content (AvgIpc) is 3.20. The monoisotopic (exact) mass is 393 g/mol. The predicted molar refractivity (Wildman–Crippen MR) is 105 cm³/mol. The molecule has 0 radical (unpaired) electrons. The standard InChI is InChI=1S/C17H27N3OS.2ClH/c21-17(11-15-3-1-7-18-15)19-12-14-5-8-20(9-6-14)13-16-4-2-10-22-16;;/h2,4,10,14-15,18H,1,3,5-9,11-13H2,(H,19,21);2*1H. The van der Waals surface area contributed by atoms with E-state index in [1.165, 1.54) is 24.1 Å². The van der Waals surface area contributed by atoms with Gasteiger partial charge in [-0.3, -0.25) is 9.69 Å². The fraction of sp³-hybridized carbons (Fsp3) is 0.706. The third-order valence-electron chi connectivity index (χ3n) is 4.85. The number of piperidine rings is 1. The van der Waals surface area contributed by atoms with Crippen molar-refractivity contribution < 1.29 is 4.79 Å². The predicted octanol–water partition coefficient (Wildman–Crippen LogP) is 3.06. The van der Waals surface area contributed by atoms with Crippen molar-refractivity contribution in [2.45, 2.75) is 44.7 Å². The van der Waals surface area contributed by atoms with E-state index in [1.807, 2.05) is 11.3 Å². The number of halogens is 2. The summed E-state index contributed by atoms with van der Waals surface area (Å²) in [5.41, 5.74) is 0. The van der Waals surface area contributed by atoms with E-state index in [-0.39, 0.29) is 30.7 Å². The van der Waals surface area contributed by atoms with Gasteiger partial charge in [0.15, 0.2) is 0 Å². The van der Waals surface area contributed by atoms with Crippen molar-refractivity contribution in [1.29, 1.82) is 0 Å². The Labute approximate surface area is 161 Å². The van der Waals surface area contributed by atoms with Crippen molar-refractivity contribution >= 4 is 42.1 Å². The molecule has 2 fully saturated rings. The summed E-state index contributed by atoms with van der Waals surface area (Å²) in [5.74, 6) is 0.875. The Hall–Kier alpha value is -0.330. The van der Waals surface area contributed by atoms with Crippen molar-refractivity contribution in [2.75, 3.05) is 26.2 Å². The van der Waals surface area contributed by atoms with E-state index in [2.05, 4.69) is 33.0 Å². The minimum Gasteiger partial charge on any atom is -0.356 e. The molecule has 138 valence electrons. The quantitative estimate of drug-likeness (QED) is 0.780. The number of amides is 1. The van der Waals surface area contributed by atoms with Crippen LogP contribution in [0.5, 0.6) is 0 Å². The van der Waals surface area contributed by atoms with Crippen LogP contribution < -0.4 is 10.6 Å². The van der Waals surface area contributed by atoms with E-state index in [1.54, 1.807) is 0 Å². The number of likely N-dealkylation sites (tertiary alicyclic amines) is 1. The summed E-state index contributed by atoms with van der Waals surface area (Å²) in [7, 11) is 0. The smallest absolute Gasteiger partial charge is 0.221 e. The van der Waals surface area contributed by atoms with Gasteiger partial charge in [0.1, 0.15) is 0 Å². The zero-order valence-corrected chi connectivity index (χ0v) is 16.5. The van der Waals surface area contributed by atoms with Crippen LogP contribution in [0.1, 0.15) is 37.0 Å². The van der Waals surface area contributed by atoms with Crippen LogP contribution in [0.4, 0.5) is 0 Å². The highest BCUT2D eigenvalue weighted by molar-refractivity contribution is 7.09. The Morgan fingerprint density at radius 2 is 2.08 bits per heavy atom. The van der Waals surface area contributed by atoms with Crippen molar-refractivity contribution in [3.8, 4) is 0 Å². The van der Waals surface area contributed by atoms with Gasteiger partial charge in [-0.15, -0.1) is 36.2 Å². The molecule has 3 rings (SSSR count). The molecule has 2 saturated heterocycles. The number of rotatable bonds is 6. The molecule has 3 heterocycles. The average molecular weight is 394 g/mol. The molecular weight excluding hydrogens is 365 g/mol. The van der Waals surface area contributed by atoms with Gasteiger partial charge in [0.2, 0.25) is 5.91 Å². The molecule has 4 nitrogen and oxygen atoms in total. The maximum Gasteiger partial charge on any atom is 0.221 e. The first-order chi connectivity index (χ1) is 10.8. The first kappa shape index (κ1) is 21.7. The Morgan fingerprint density at radius 3 is 2.71 bits per heavy atom. The number of carbonyl (C=O) groups is 1. The molecule has 1 aromatic rings. The zero-order valence-electron chi connectivity index (χ0n) is 14.0. The van der Waals surface area contributed by atoms with Crippen molar-refractivity contribution in [3.63, 3.8) is 0 Å². The molecule has 0 saturated carbocycles. The molecule has 1 atom stereocenters. The second-order valence-corrected chi connectivity index (χ2v) is 7.63. The Kier molecular flexibility index (Phi) is 10.2. The molecule has 0 spiro atoms. The van der Waals surface area contributed by atoms with Gasteiger partial charge in [0.05, 0.1) is 0 Å². The van der Waals surface area contributed by atoms with E-state index in [0.29, 0.717) is 18.4 Å². The lowest BCUT2D eigenvalue weighted by Gasteiger charge is -2.31. The third-order valence-corrected chi connectivity index (χ3v) is 5.71. The summed E-state index contributed by atoms with van der Waals surface area (Å²) in [6, 6.07) is 4.75. The lowest BCUT2D eigenvalue weighted by molar-refractivity contribution is -0.121. The second-order valence-electron chi connectivity index (χ2n) is 6.60. The van der Waals surface area contributed by atoms with Crippen LogP contribution in [0.2, 0.25) is 0 Å². The van der Waals surface area contributed by atoms with Gasteiger partial charge in [-0.1, -0.05) is 6.07 Å². The van der Waals surface area contributed by atoms with Crippen LogP contribution >= 0.6 is 36.2 Å². The first-order valence-corrected chi connectivity index (χ1v) is 9.42. The second kappa shape index (κ2) is 11.3. The van der Waals surface area contributed by atoms with Crippen LogP contribution in [-0.2, 0) is 11.3 Å². The van der Waals surface area contributed by atoms with Crippen LogP contribution in [0.25, 0.3) is 0 Å². The van der Waals surface area contributed by atoms with Crippen molar-refractivity contribution in [3.05, 3.63) is 22.4 Å². The highest BCUT2D eigenvalue weighted by Gasteiger charge is 2.21. The third kappa shape index (κ3) is 6.89. The largest absolute Gasteiger partial charge is 0.356 e. The summed E-state index contributed by atoms with van der Waals surface area (Å²) in [4.78, 5) is 15.9. The van der Waals surface area contributed by atoms with Gasteiger partial charge in [0, 0.05) is 30.4 Å². The number of nitrogens with one attached hydrogen (secondary N) is 2. The minimum absolute atomic E-state index is 0. The van der Waals surface area contributed by atoms with Crippen molar-refractivity contribution in [1.82, 2.24) is 15.5 Å². The molecule has 1 aromatic heterocycles. The van der Waals surface area contributed by atoms with Gasteiger partial charge < -0.3 is 10.6 Å². The Bertz CT molecular complexity index is 458. The molecular formula is C17H29Cl2N3OS. The van der Waals surface area contributed by atoms with Gasteiger partial charge in [0.25, 0.3) is 0 Å². The van der Waals surface area contributed by atoms with E-state index in [4.69, 9.17) is 0 Å². The lowest BCUT2D eigenvalue weighted by Crippen LogP contribution is -2.39. The van der Waals surface area contributed by atoms with Gasteiger partial charge in [-0.2, -0.15) is 0 Å². The lowest BCUT2D eigenvalue weighted by atomic mass is 9.96. The number of carbonyl (C=O) groups excluding carboxylic acids is 1. The van der Waals surface area contributed by atoms with Crippen LogP contribution in [-0.4, -0.2) is 43.0 Å². The summed E-state index contributed by atoms with van der Waals surface area (Å²) in [6.07, 6.45) is 5.41. The topological polar surface area (TPSA) is 44.4 Å². The SMILES string of the molecule is Cl.Cl.O=C(CC1CCCN1)NCC1CCN(Cc2cccs2)CC1. The van der Waals surface area contributed by atoms with Crippen LogP contribution in [0, 0.1) is 5.92 Å². The molecule has 24 heavy (non-hydrogen) atoms. The van der Waals surface area contributed by atoms with E-state index in [9.17, 15) is 4.79 Å². The Morgan fingerprint density at radius 1 is 1.29 bits per heavy atom. The van der Waals surface area contributed by atoms with Crippen LogP contribution in [0.3, 0.4) is 0 Å². The fourth-order valence-electron chi connectivity index (χ4n) is 3.46. The Balaban J connectivity index is 0.00000144. The number of hydrogen-bond acceptors (Lipinski definition) is 4. The van der Waals surface area contributed by atoms with Gasteiger partial charge in [-0.05, 0) is 62.7 Å². The fourth-order valence-corrected chi connectivity index (χ4v) is 4.20. The summed E-state index contributed by atoms with van der Waals surface area (Å²) in [6.45, 7) is 5.33. The zero-order chi connectivity index (χ0) is 15.2. The molecule has 1 unspecified atom stereocenters. The van der Waals surface area contributed by atoms with E-state index in [0.717, 1.165) is 39.1 Å². The van der Waals surface area contributed by atoms with E-state index >= 15 is 0 Å². The molecule has 2 aliphatic heterocycles. The summed E-state index contributed by atoms with van der Waals surface area (Å²) < 4.78 is 0. The number of thiophene rings is 1. The highest BCUT2D eigenvalue weighted by atomic mass is 35.5. The van der Waals surface area contributed by atoms with Gasteiger partial charge in [-0.25, -0.2) is 0 Å². The maximum absolute atomic E-state index is 12.0. The van der Waals surface area contributed by atoms with Crippen molar-refractivity contribution in [2.24, 2.45) is 5.92 Å². The van der Waals surface area contributed by atoms with Gasteiger partial charge >= 0.3 is 0 Å². The molecule has 1 amide bonds. The molecule has 0 aromatic carbocycles. The van der Waals surface area contributed by atoms with Crippen LogP contribution in [0.15, 0.2) is 17.5 Å². The first-order valence-electron chi connectivity index (χ1n) is 8.54. The number of hydrogen-bond donors (Lipinski definition) is 2. The molecule has 2 aliphatic rings. The molecule has 7 heteroatoms. The molecule has 0 aliphatic carbocycles. The maximum atomic E-state index is 12.0. The molecule has 2 N–H and O–H groups in total. The summed E-state index contributed by atoms with van der Waals surface area (Å²) >= 11 is 1.84. The highest BCUT2D eigenvalue weighted by Crippen LogP contribution is 2.20. The molecule has 0 bridgehead atoms. The van der Waals surface area contributed by atoms with E-state index < -0.39 is 0 Å². The normalized spacial score (nSPS) is 21.8. The minimum atomic E-state index is 0. The number of nitrogens with zero attached hydrogens (tertiary/aromatic N) is 1. The summed E-state index contributed by atoms with van der Waals surface area (Å²) in [5, 5.41) is 8.68.